The molecule has 0 fully saturated rings. The lowest BCUT2D eigenvalue weighted by Gasteiger charge is -1.99. The first-order valence-corrected chi connectivity index (χ1v) is 8.01. The lowest BCUT2D eigenvalue weighted by atomic mass is 10.3. The van der Waals surface area contributed by atoms with Crippen LogP contribution in [0.5, 0.6) is 0 Å². The summed E-state index contributed by atoms with van der Waals surface area (Å²) in [7, 11) is 5.69. The molecule has 8 nitrogen and oxygen atoms in total. The third-order valence-corrected chi connectivity index (χ3v) is 3.74. The number of aryl methyl sites for hydroxylation is 1. The highest BCUT2D eigenvalue weighted by atomic mass is 16.5. The Morgan fingerprint density at radius 1 is 1.36 bits per heavy atom. The highest BCUT2D eigenvalue weighted by molar-refractivity contribution is 5.93. The molecule has 0 saturated carbocycles. The molecule has 2 N–H and O–H groups in total. The second-order valence-electron chi connectivity index (χ2n) is 5.80. The topological polar surface area (TPSA) is 81.2 Å². The molecule has 0 spiro atoms. The molecule has 0 radical (unpaired) electrons. The molecule has 0 aliphatic heterocycles. The summed E-state index contributed by atoms with van der Waals surface area (Å²) < 4.78 is 8.86. The van der Waals surface area contributed by atoms with Crippen LogP contribution in [0.15, 0.2) is 35.5 Å². The van der Waals surface area contributed by atoms with E-state index >= 15 is 0 Å². The third kappa shape index (κ3) is 3.10. The largest absolute Gasteiger partial charge is 0.475 e. The van der Waals surface area contributed by atoms with Gasteiger partial charge in [-0.2, -0.15) is 9.55 Å². The lowest BCUT2D eigenvalue weighted by molar-refractivity contribution is -0.785. The molecule has 2 heterocycles. The van der Waals surface area contributed by atoms with E-state index in [4.69, 9.17) is 4.74 Å². The van der Waals surface area contributed by atoms with Crippen molar-refractivity contribution in [2.75, 3.05) is 20.7 Å². The normalized spacial score (nSPS) is 11.4. The van der Waals surface area contributed by atoms with E-state index in [0.717, 1.165) is 17.0 Å². The monoisotopic (exact) mass is 342 g/mol. The quantitative estimate of drug-likeness (QED) is 0.314. The number of esters is 1. The first-order valence-electron chi connectivity index (χ1n) is 8.01. The van der Waals surface area contributed by atoms with Gasteiger partial charge in [-0.05, 0) is 28.7 Å². The van der Waals surface area contributed by atoms with E-state index in [1.54, 1.807) is 29.0 Å². The molecule has 3 rings (SSSR count). The zero-order chi connectivity index (χ0) is 18.0. The number of rotatable bonds is 5. The molecule has 0 aliphatic rings. The summed E-state index contributed by atoms with van der Waals surface area (Å²) in [4.78, 5) is 21.9. The van der Waals surface area contributed by atoms with Gasteiger partial charge in [0.25, 0.3) is 0 Å². The summed E-state index contributed by atoms with van der Waals surface area (Å²) in [5.41, 5.74) is 2.40. The number of H-pyrrole nitrogens is 2. The fourth-order valence-corrected chi connectivity index (χ4v) is 2.59. The van der Waals surface area contributed by atoms with Crippen molar-refractivity contribution in [3.05, 3.63) is 36.0 Å². The van der Waals surface area contributed by atoms with Crippen LogP contribution in [0.3, 0.4) is 0 Å². The van der Waals surface area contributed by atoms with Crippen LogP contribution in [-0.2, 0) is 11.8 Å². The summed E-state index contributed by atoms with van der Waals surface area (Å²) in [6, 6.07) is 7.97. The minimum absolute atomic E-state index is 0.307. The number of aromatic amines is 2. The predicted octanol–water partition coefficient (Wildman–Crippen LogP) is 0.995. The Kier molecular flexibility index (Phi) is 4.51. The van der Waals surface area contributed by atoms with Crippen LogP contribution in [0.2, 0.25) is 0 Å². The SMILES string of the molecule is CCOC(=O)c1c[nH][n+](-c2[nH]c3ccccc3[n+]2C)c1N=CN(C)C. The molecular weight excluding hydrogens is 320 g/mol. The standard InChI is InChI=1S/C17H20N6O2/c1-5-25-16(24)12-10-19-23(15(12)18-11-21(2)3)17-20-13-8-6-7-9-14(13)22(17)4/h6-11H,5H2,1-4H3/p+2. The highest BCUT2D eigenvalue weighted by Gasteiger charge is 2.32. The van der Waals surface area contributed by atoms with E-state index in [2.05, 4.69) is 15.1 Å². The van der Waals surface area contributed by atoms with Gasteiger partial charge < -0.3 is 9.64 Å². The number of hydrogen-bond donors (Lipinski definition) is 2. The number of carbonyl (C=O) groups excluding carboxylic acids is 1. The average Bonchev–Trinajstić information content (AvgIpc) is 3.14. The molecular formula is C17H22N6O2+2. The predicted molar refractivity (Wildman–Crippen MR) is 93.2 cm³/mol. The van der Waals surface area contributed by atoms with E-state index in [1.807, 2.05) is 50.0 Å². The number of aromatic nitrogens is 4. The van der Waals surface area contributed by atoms with Crippen LogP contribution in [0.25, 0.3) is 17.0 Å². The number of hydrogen-bond acceptors (Lipinski definition) is 3. The number of fused-ring (bicyclic) bond motifs is 1. The average molecular weight is 342 g/mol. The minimum atomic E-state index is -0.415. The molecule has 0 bridgehead atoms. The molecule has 0 unspecified atom stereocenters. The molecule has 0 amide bonds. The molecule has 1 aromatic carbocycles. The van der Waals surface area contributed by atoms with Gasteiger partial charge in [-0.15, -0.1) is 0 Å². The molecule has 130 valence electrons. The van der Waals surface area contributed by atoms with E-state index in [9.17, 15) is 4.79 Å². The highest BCUT2D eigenvalue weighted by Crippen LogP contribution is 2.17. The van der Waals surface area contributed by atoms with Gasteiger partial charge in [0.1, 0.15) is 0 Å². The summed E-state index contributed by atoms with van der Waals surface area (Å²) >= 11 is 0. The number of aliphatic imine (C=N–C) groups is 1. The van der Waals surface area contributed by atoms with Gasteiger partial charge in [0.05, 0.1) is 19.9 Å². The van der Waals surface area contributed by atoms with Crippen molar-refractivity contribution < 1.29 is 18.8 Å². The Bertz CT molecular complexity index is 938. The summed E-state index contributed by atoms with van der Waals surface area (Å²) in [6.45, 7) is 2.08. The summed E-state index contributed by atoms with van der Waals surface area (Å²) in [6.07, 6.45) is 3.25. The molecule has 0 atom stereocenters. The number of imidazole rings is 1. The van der Waals surface area contributed by atoms with Gasteiger partial charge in [0.2, 0.25) is 6.34 Å². The first-order chi connectivity index (χ1) is 12.0. The molecule has 3 aromatic rings. The van der Waals surface area contributed by atoms with Crippen molar-refractivity contribution >= 4 is 29.2 Å². The molecule has 0 saturated heterocycles. The second-order valence-corrected chi connectivity index (χ2v) is 5.80. The minimum Gasteiger partial charge on any atom is -0.462 e. The second kappa shape index (κ2) is 6.76. The van der Waals surface area contributed by atoms with E-state index in [1.165, 1.54) is 0 Å². The molecule has 2 aromatic heterocycles. The Hall–Kier alpha value is -3.16. The number of nitrogens with one attached hydrogen (secondary N) is 2. The lowest BCUT2D eigenvalue weighted by Crippen LogP contribution is -2.47. The van der Waals surface area contributed by atoms with Crippen LogP contribution < -0.4 is 9.25 Å². The third-order valence-electron chi connectivity index (χ3n) is 3.74. The fourth-order valence-electron chi connectivity index (χ4n) is 2.59. The Morgan fingerprint density at radius 3 is 2.80 bits per heavy atom. The maximum absolute atomic E-state index is 12.3. The van der Waals surface area contributed by atoms with Crippen molar-refractivity contribution in [1.82, 2.24) is 15.0 Å². The molecule has 25 heavy (non-hydrogen) atoms. The van der Waals surface area contributed by atoms with Crippen LogP contribution in [0, 0.1) is 0 Å². The Morgan fingerprint density at radius 2 is 2.12 bits per heavy atom. The fraction of sp³-hybridized carbons (Fsp3) is 0.294. The number of para-hydroxylation sites is 2. The zero-order valence-corrected chi connectivity index (χ0v) is 14.8. The van der Waals surface area contributed by atoms with Gasteiger partial charge in [-0.3, -0.25) is 0 Å². The van der Waals surface area contributed by atoms with Crippen LogP contribution in [0.1, 0.15) is 17.3 Å². The molecule has 0 aliphatic carbocycles. The van der Waals surface area contributed by atoms with Gasteiger partial charge in [-0.1, -0.05) is 12.1 Å². The van der Waals surface area contributed by atoms with Crippen LogP contribution >= 0.6 is 0 Å². The number of benzene rings is 1. The summed E-state index contributed by atoms with van der Waals surface area (Å²) in [5, 5.41) is 3.09. The number of carbonyl (C=O) groups is 1. The van der Waals surface area contributed by atoms with Crippen molar-refractivity contribution in [3.8, 4) is 5.95 Å². The van der Waals surface area contributed by atoms with Gasteiger partial charge in [0, 0.05) is 14.1 Å². The Balaban J connectivity index is 2.17. The number of nitrogens with zero attached hydrogens (tertiary/aromatic N) is 4. The molecule has 8 heteroatoms. The maximum atomic E-state index is 12.3. The van der Waals surface area contributed by atoms with Crippen molar-refractivity contribution in [3.63, 3.8) is 0 Å². The maximum Gasteiger partial charge on any atom is 0.475 e. The van der Waals surface area contributed by atoms with E-state index in [-0.39, 0.29) is 0 Å². The van der Waals surface area contributed by atoms with Gasteiger partial charge in [0.15, 0.2) is 16.6 Å². The summed E-state index contributed by atoms with van der Waals surface area (Å²) in [5.74, 6) is 0.805. The van der Waals surface area contributed by atoms with Crippen LogP contribution in [-0.4, -0.2) is 48.0 Å². The van der Waals surface area contributed by atoms with Crippen molar-refractivity contribution in [1.29, 1.82) is 0 Å². The van der Waals surface area contributed by atoms with E-state index in [0.29, 0.717) is 18.0 Å². The van der Waals surface area contributed by atoms with Gasteiger partial charge in [-0.25, -0.2) is 9.89 Å². The van der Waals surface area contributed by atoms with Gasteiger partial charge >= 0.3 is 17.7 Å². The zero-order valence-electron chi connectivity index (χ0n) is 14.8. The van der Waals surface area contributed by atoms with E-state index < -0.39 is 5.97 Å². The van der Waals surface area contributed by atoms with Crippen LogP contribution in [0.4, 0.5) is 5.82 Å². The van der Waals surface area contributed by atoms with Crippen molar-refractivity contribution in [2.45, 2.75) is 6.92 Å². The first kappa shape index (κ1) is 16.7. The number of ether oxygens (including phenoxy) is 1. The smallest absolute Gasteiger partial charge is 0.462 e. The Labute approximate surface area is 145 Å². The van der Waals surface area contributed by atoms with Crippen molar-refractivity contribution in [2.24, 2.45) is 12.0 Å².